The summed E-state index contributed by atoms with van der Waals surface area (Å²) in [6.45, 7) is 0. The van der Waals surface area contributed by atoms with Crippen molar-refractivity contribution in [1.29, 1.82) is 0 Å². The largest absolute Gasteiger partial charge is 0.481 e. The SMILES string of the molecule is CNS(=O)(=O)c1cccc(S(=O)(=O)N2C3CCC2C(C(=O)O)C3)c1. The summed E-state index contributed by atoms with van der Waals surface area (Å²) in [5.74, 6) is -1.70. The molecule has 2 heterocycles. The van der Waals surface area contributed by atoms with Crippen LogP contribution in [-0.2, 0) is 24.8 Å². The van der Waals surface area contributed by atoms with Gasteiger partial charge in [-0.2, -0.15) is 4.31 Å². The number of fused-ring (bicyclic) bond motifs is 2. The van der Waals surface area contributed by atoms with E-state index >= 15 is 0 Å². The molecule has 1 aromatic rings. The summed E-state index contributed by atoms with van der Waals surface area (Å²) in [4.78, 5) is 11.0. The smallest absolute Gasteiger partial charge is 0.308 e. The Bertz CT molecular complexity index is 880. The predicted molar refractivity (Wildman–Crippen MR) is 84.3 cm³/mol. The second kappa shape index (κ2) is 5.80. The summed E-state index contributed by atoms with van der Waals surface area (Å²) in [6.07, 6.45) is 1.44. The summed E-state index contributed by atoms with van der Waals surface area (Å²) in [5.41, 5.74) is 0. The van der Waals surface area contributed by atoms with Gasteiger partial charge in [-0.1, -0.05) is 6.07 Å². The first-order chi connectivity index (χ1) is 11.2. The molecule has 0 amide bonds. The Morgan fingerprint density at radius 2 is 1.88 bits per heavy atom. The molecular formula is C14H18N2O6S2. The average Bonchev–Trinajstić information content (AvgIpc) is 3.13. The van der Waals surface area contributed by atoms with Crippen LogP contribution in [0.5, 0.6) is 0 Å². The molecule has 2 saturated heterocycles. The molecule has 2 aliphatic heterocycles. The van der Waals surface area contributed by atoms with E-state index in [0.29, 0.717) is 19.3 Å². The fraction of sp³-hybridized carbons (Fsp3) is 0.500. The summed E-state index contributed by atoms with van der Waals surface area (Å²) in [5, 5.41) is 9.26. The first-order valence-electron chi connectivity index (χ1n) is 7.48. The third kappa shape index (κ3) is 2.63. The van der Waals surface area contributed by atoms with Crippen LogP contribution in [0.4, 0.5) is 0 Å². The molecule has 0 aromatic heterocycles. The summed E-state index contributed by atoms with van der Waals surface area (Å²) >= 11 is 0. The highest BCUT2D eigenvalue weighted by atomic mass is 32.2. The van der Waals surface area contributed by atoms with Gasteiger partial charge in [0.05, 0.1) is 15.7 Å². The number of hydrogen-bond acceptors (Lipinski definition) is 5. The Labute approximate surface area is 140 Å². The maximum Gasteiger partial charge on any atom is 0.308 e. The second-order valence-electron chi connectivity index (χ2n) is 6.00. The fourth-order valence-electron chi connectivity index (χ4n) is 3.62. The third-order valence-electron chi connectivity index (χ3n) is 4.75. The lowest BCUT2D eigenvalue weighted by molar-refractivity contribution is -0.142. The molecule has 0 saturated carbocycles. The normalized spacial score (nSPS) is 27.5. The standard InChI is InChI=1S/C14H18N2O6S2/c1-15-23(19,20)10-3-2-4-11(8-10)24(21,22)16-9-5-6-13(16)12(7-9)14(17)18/h2-4,8-9,12-13,15H,5-7H2,1H3,(H,17,18). The quantitative estimate of drug-likeness (QED) is 0.761. The number of hydrogen-bond donors (Lipinski definition) is 2. The number of aliphatic carboxylic acids is 1. The van der Waals surface area contributed by atoms with Crippen molar-refractivity contribution in [2.75, 3.05) is 7.05 Å². The number of nitrogens with one attached hydrogen (secondary N) is 1. The minimum Gasteiger partial charge on any atom is -0.481 e. The Morgan fingerprint density at radius 3 is 2.46 bits per heavy atom. The van der Waals surface area contributed by atoms with Gasteiger partial charge in [0.15, 0.2) is 0 Å². The van der Waals surface area contributed by atoms with E-state index in [0.717, 1.165) is 6.07 Å². The average molecular weight is 374 g/mol. The molecular weight excluding hydrogens is 356 g/mol. The van der Waals surface area contributed by atoms with Crippen LogP contribution in [-0.4, -0.2) is 51.3 Å². The molecule has 8 nitrogen and oxygen atoms in total. The minimum absolute atomic E-state index is 0.137. The van der Waals surface area contributed by atoms with Crippen LogP contribution in [0.15, 0.2) is 34.1 Å². The lowest BCUT2D eigenvalue weighted by Gasteiger charge is -2.22. The van der Waals surface area contributed by atoms with Gasteiger partial charge in [0, 0.05) is 12.1 Å². The van der Waals surface area contributed by atoms with Crippen LogP contribution in [0.1, 0.15) is 19.3 Å². The summed E-state index contributed by atoms with van der Waals surface area (Å²) in [6, 6.07) is 4.20. The Kier molecular flexibility index (Phi) is 4.19. The topological polar surface area (TPSA) is 121 Å². The zero-order valence-electron chi connectivity index (χ0n) is 12.9. The molecule has 2 aliphatic rings. The molecule has 3 unspecified atom stereocenters. The van der Waals surface area contributed by atoms with Crippen molar-refractivity contribution in [2.24, 2.45) is 5.92 Å². The fourth-order valence-corrected chi connectivity index (χ4v) is 6.43. The first-order valence-corrected chi connectivity index (χ1v) is 10.4. The van der Waals surface area contributed by atoms with Gasteiger partial charge in [0.2, 0.25) is 20.0 Å². The van der Waals surface area contributed by atoms with Gasteiger partial charge in [0.1, 0.15) is 0 Å². The number of sulfonamides is 2. The predicted octanol–water partition coefficient (Wildman–Crippen LogP) is 0.221. The Hall–Kier alpha value is -1.49. The lowest BCUT2D eigenvalue weighted by Crippen LogP contribution is -2.37. The minimum atomic E-state index is -3.95. The zero-order chi connectivity index (χ0) is 17.7. The monoisotopic (exact) mass is 374 g/mol. The van der Waals surface area contributed by atoms with E-state index in [9.17, 15) is 26.7 Å². The van der Waals surface area contributed by atoms with E-state index in [-0.39, 0.29) is 15.8 Å². The van der Waals surface area contributed by atoms with Crippen LogP contribution in [0, 0.1) is 5.92 Å². The highest BCUT2D eigenvalue weighted by molar-refractivity contribution is 7.90. The van der Waals surface area contributed by atoms with Crippen LogP contribution in [0.2, 0.25) is 0 Å². The zero-order valence-corrected chi connectivity index (χ0v) is 14.5. The Morgan fingerprint density at radius 1 is 1.21 bits per heavy atom. The van der Waals surface area contributed by atoms with E-state index < -0.39 is 38.0 Å². The van der Waals surface area contributed by atoms with Crippen molar-refractivity contribution in [1.82, 2.24) is 9.03 Å². The van der Waals surface area contributed by atoms with Crippen molar-refractivity contribution in [3.63, 3.8) is 0 Å². The van der Waals surface area contributed by atoms with Gasteiger partial charge >= 0.3 is 5.97 Å². The lowest BCUT2D eigenvalue weighted by atomic mass is 9.89. The van der Waals surface area contributed by atoms with Crippen LogP contribution in [0.25, 0.3) is 0 Å². The molecule has 1 aromatic carbocycles. The van der Waals surface area contributed by atoms with E-state index in [1.807, 2.05) is 0 Å². The van der Waals surface area contributed by atoms with Crippen molar-refractivity contribution in [3.8, 4) is 0 Å². The molecule has 2 fully saturated rings. The van der Waals surface area contributed by atoms with Gasteiger partial charge in [-0.25, -0.2) is 21.6 Å². The molecule has 132 valence electrons. The van der Waals surface area contributed by atoms with E-state index in [4.69, 9.17) is 0 Å². The van der Waals surface area contributed by atoms with E-state index in [1.165, 1.54) is 29.6 Å². The first kappa shape index (κ1) is 17.3. The van der Waals surface area contributed by atoms with Gasteiger partial charge in [-0.05, 0) is 44.5 Å². The molecule has 10 heteroatoms. The van der Waals surface area contributed by atoms with Gasteiger partial charge in [-0.15, -0.1) is 0 Å². The van der Waals surface area contributed by atoms with E-state index in [2.05, 4.69) is 4.72 Å². The van der Waals surface area contributed by atoms with E-state index in [1.54, 1.807) is 0 Å². The molecule has 2 bridgehead atoms. The highest BCUT2D eigenvalue weighted by Crippen LogP contribution is 2.45. The van der Waals surface area contributed by atoms with Gasteiger partial charge in [-0.3, -0.25) is 4.79 Å². The number of carboxylic acid groups (broad SMARTS) is 1. The Balaban J connectivity index is 2.01. The molecule has 3 atom stereocenters. The summed E-state index contributed by atoms with van der Waals surface area (Å²) in [7, 11) is -6.48. The molecule has 2 N–H and O–H groups in total. The maximum atomic E-state index is 12.9. The number of rotatable bonds is 5. The van der Waals surface area contributed by atoms with Crippen molar-refractivity contribution in [2.45, 2.75) is 41.1 Å². The number of carbonyl (C=O) groups is 1. The number of carboxylic acids is 1. The van der Waals surface area contributed by atoms with Crippen LogP contribution >= 0.6 is 0 Å². The maximum absolute atomic E-state index is 12.9. The third-order valence-corrected chi connectivity index (χ3v) is 8.14. The van der Waals surface area contributed by atoms with Crippen LogP contribution < -0.4 is 4.72 Å². The molecule has 3 rings (SSSR count). The highest BCUT2D eigenvalue weighted by Gasteiger charge is 2.54. The number of nitrogens with zero attached hydrogens (tertiary/aromatic N) is 1. The molecule has 0 aliphatic carbocycles. The van der Waals surface area contributed by atoms with Gasteiger partial charge < -0.3 is 5.11 Å². The van der Waals surface area contributed by atoms with Crippen molar-refractivity contribution >= 4 is 26.0 Å². The van der Waals surface area contributed by atoms with Crippen molar-refractivity contribution in [3.05, 3.63) is 24.3 Å². The van der Waals surface area contributed by atoms with Crippen molar-refractivity contribution < 1.29 is 26.7 Å². The van der Waals surface area contributed by atoms with Gasteiger partial charge in [0.25, 0.3) is 0 Å². The number of benzene rings is 1. The summed E-state index contributed by atoms with van der Waals surface area (Å²) < 4.78 is 53.1. The van der Waals surface area contributed by atoms with Crippen LogP contribution in [0.3, 0.4) is 0 Å². The molecule has 24 heavy (non-hydrogen) atoms. The molecule has 0 radical (unpaired) electrons. The molecule has 0 spiro atoms. The second-order valence-corrected chi connectivity index (χ2v) is 9.73.